The van der Waals surface area contributed by atoms with Crippen LogP contribution in [0.25, 0.3) is 0 Å². The molecule has 0 saturated heterocycles. The van der Waals surface area contributed by atoms with E-state index in [4.69, 9.17) is 5.73 Å². The summed E-state index contributed by atoms with van der Waals surface area (Å²) in [6, 6.07) is 7.10. The Labute approximate surface area is 138 Å². The first-order valence-electron chi connectivity index (χ1n) is 8.62. The van der Waals surface area contributed by atoms with Crippen molar-refractivity contribution in [3.63, 3.8) is 0 Å². The molecule has 1 atom stereocenters. The monoisotopic (exact) mass is 318 g/mol. The summed E-state index contributed by atoms with van der Waals surface area (Å²) in [5.41, 5.74) is 6.34. The predicted molar refractivity (Wildman–Crippen MR) is 91.1 cm³/mol. The minimum Gasteiger partial charge on any atom is -0.366 e. The van der Waals surface area contributed by atoms with Gasteiger partial charge < -0.3 is 16.4 Å². The third-order valence-corrected chi connectivity index (χ3v) is 4.56. The van der Waals surface area contributed by atoms with Crippen LogP contribution in [0.3, 0.4) is 0 Å². The molecule has 1 fully saturated rings. The van der Waals surface area contributed by atoms with Crippen molar-refractivity contribution >= 4 is 17.5 Å². The summed E-state index contributed by atoms with van der Waals surface area (Å²) in [5, 5.41) is 5.11. The Balaban J connectivity index is 1.84. The van der Waals surface area contributed by atoms with Crippen LogP contribution in [-0.2, 0) is 4.79 Å². The van der Waals surface area contributed by atoms with Crippen LogP contribution in [0, 0.1) is 0 Å². The summed E-state index contributed by atoms with van der Waals surface area (Å²) >= 11 is 0. The van der Waals surface area contributed by atoms with Crippen molar-refractivity contribution in [1.29, 1.82) is 0 Å². The number of hydrogen-bond acceptors (Lipinski definition) is 2. The van der Waals surface area contributed by atoms with Gasteiger partial charge in [-0.15, -0.1) is 0 Å². The maximum atomic E-state index is 12.3. The molecule has 0 bridgehead atoms. The maximum Gasteiger partial charge on any atom is 0.282 e. The molecule has 0 heterocycles. The largest absolute Gasteiger partial charge is 0.366 e. The van der Waals surface area contributed by atoms with E-state index in [1.165, 1.54) is 44.9 Å². The number of hydrogen-bond donors (Lipinski definition) is 3. The summed E-state index contributed by atoms with van der Waals surface area (Å²) in [6.45, 7) is 1.95. The van der Waals surface area contributed by atoms with Gasteiger partial charge in [-0.05, 0) is 56.9 Å². The summed E-state index contributed by atoms with van der Waals surface area (Å²) in [6.07, 6.45) is 8.92. The van der Waals surface area contributed by atoms with Crippen LogP contribution in [0.15, 0.2) is 24.3 Å². The van der Waals surface area contributed by atoms with E-state index in [2.05, 4.69) is 10.6 Å². The molecule has 5 nitrogen and oxygen atoms in total. The second-order valence-corrected chi connectivity index (χ2v) is 6.52. The number of primary amides is 1. The van der Waals surface area contributed by atoms with E-state index >= 15 is 0 Å². The average Bonchev–Trinajstić information content (AvgIpc) is 2.50. The number of nitrogens with two attached hydrogens (primary N) is 2. The van der Waals surface area contributed by atoms with E-state index in [0.717, 1.165) is 0 Å². The van der Waals surface area contributed by atoms with E-state index in [0.29, 0.717) is 17.3 Å². The molecule has 5 N–H and O–H groups in total. The third kappa shape index (κ3) is 5.67. The fourth-order valence-corrected chi connectivity index (χ4v) is 3.15. The SMILES string of the molecule is C[C@@H]([NH2+]C1CCCCCCC1)C(=O)Nc1ccc(C(N)=O)cc1. The quantitative estimate of drug-likeness (QED) is 0.772. The number of amides is 2. The first kappa shape index (κ1) is 17.5. The van der Waals surface area contributed by atoms with Crippen LogP contribution in [0.2, 0.25) is 0 Å². The molecule has 126 valence electrons. The molecule has 0 aromatic heterocycles. The van der Waals surface area contributed by atoms with Crippen molar-refractivity contribution < 1.29 is 14.9 Å². The van der Waals surface area contributed by atoms with Gasteiger partial charge in [0.25, 0.3) is 5.91 Å². The lowest BCUT2D eigenvalue weighted by Gasteiger charge is -2.21. The molecule has 2 rings (SSSR count). The standard InChI is InChI=1S/C18H27N3O2/c1-13(20-15-7-5-3-2-4-6-8-15)18(23)21-16-11-9-14(10-12-16)17(19)22/h9-13,15,20H,2-8H2,1H3,(H2,19,22)(H,21,23)/p+1/t13-/m1/s1. The molecule has 0 aliphatic heterocycles. The average molecular weight is 318 g/mol. The number of anilines is 1. The van der Waals surface area contributed by atoms with Gasteiger partial charge in [-0.1, -0.05) is 19.3 Å². The number of carbonyl (C=O) groups is 2. The van der Waals surface area contributed by atoms with Gasteiger partial charge in [-0.2, -0.15) is 0 Å². The van der Waals surface area contributed by atoms with Gasteiger partial charge >= 0.3 is 0 Å². The lowest BCUT2D eigenvalue weighted by Crippen LogP contribution is -2.96. The van der Waals surface area contributed by atoms with Crippen LogP contribution in [0.4, 0.5) is 5.69 Å². The molecule has 2 amide bonds. The second-order valence-electron chi connectivity index (χ2n) is 6.52. The molecule has 0 unspecified atom stereocenters. The predicted octanol–water partition coefficient (Wildman–Crippen LogP) is 1.79. The lowest BCUT2D eigenvalue weighted by molar-refractivity contribution is -0.707. The molecule has 1 saturated carbocycles. The number of carbonyl (C=O) groups excluding carboxylic acids is 2. The van der Waals surface area contributed by atoms with Gasteiger partial charge in [0.2, 0.25) is 5.91 Å². The minimum absolute atomic E-state index is 0.00103. The Hall–Kier alpha value is -1.88. The summed E-state index contributed by atoms with van der Waals surface area (Å²) in [5.74, 6) is -0.465. The molecular weight excluding hydrogens is 290 g/mol. The Morgan fingerprint density at radius 2 is 1.65 bits per heavy atom. The van der Waals surface area contributed by atoms with Crippen molar-refractivity contribution in [3.8, 4) is 0 Å². The molecule has 0 spiro atoms. The second kappa shape index (κ2) is 8.67. The fourth-order valence-electron chi connectivity index (χ4n) is 3.15. The van der Waals surface area contributed by atoms with Gasteiger partial charge in [0, 0.05) is 11.3 Å². The van der Waals surface area contributed by atoms with Crippen LogP contribution in [0.5, 0.6) is 0 Å². The number of quaternary nitrogens is 1. The Morgan fingerprint density at radius 1 is 1.09 bits per heavy atom. The van der Waals surface area contributed by atoms with Gasteiger partial charge in [0.15, 0.2) is 6.04 Å². The highest BCUT2D eigenvalue weighted by atomic mass is 16.2. The van der Waals surface area contributed by atoms with E-state index < -0.39 is 5.91 Å². The van der Waals surface area contributed by atoms with Gasteiger partial charge in [0.05, 0.1) is 6.04 Å². The highest BCUT2D eigenvalue weighted by molar-refractivity contribution is 5.95. The zero-order valence-electron chi connectivity index (χ0n) is 13.9. The lowest BCUT2D eigenvalue weighted by atomic mass is 9.96. The fraction of sp³-hybridized carbons (Fsp3) is 0.556. The van der Waals surface area contributed by atoms with Crippen LogP contribution in [0.1, 0.15) is 62.2 Å². The highest BCUT2D eigenvalue weighted by Gasteiger charge is 2.22. The number of nitrogens with one attached hydrogen (secondary N) is 1. The van der Waals surface area contributed by atoms with Crippen molar-refractivity contribution in [2.24, 2.45) is 5.73 Å². The Bertz CT molecular complexity index is 520. The molecule has 1 aliphatic carbocycles. The summed E-state index contributed by atoms with van der Waals surface area (Å²) < 4.78 is 0. The van der Waals surface area contributed by atoms with Crippen molar-refractivity contribution in [2.75, 3.05) is 5.32 Å². The van der Waals surface area contributed by atoms with E-state index in [-0.39, 0.29) is 11.9 Å². The molecular formula is C18H28N3O2+. The number of rotatable bonds is 5. The third-order valence-electron chi connectivity index (χ3n) is 4.56. The van der Waals surface area contributed by atoms with Gasteiger partial charge in [0.1, 0.15) is 0 Å². The molecule has 1 aliphatic rings. The first-order valence-corrected chi connectivity index (χ1v) is 8.62. The maximum absolute atomic E-state index is 12.3. The smallest absolute Gasteiger partial charge is 0.282 e. The zero-order chi connectivity index (χ0) is 16.7. The normalized spacial score (nSPS) is 17.8. The summed E-state index contributed by atoms with van der Waals surface area (Å²) in [4.78, 5) is 23.4. The van der Waals surface area contributed by atoms with E-state index in [1.807, 2.05) is 6.92 Å². The van der Waals surface area contributed by atoms with E-state index in [1.54, 1.807) is 24.3 Å². The molecule has 1 aromatic rings. The van der Waals surface area contributed by atoms with Crippen molar-refractivity contribution in [1.82, 2.24) is 0 Å². The first-order chi connectivity index (χ1) is 11.1. The van der Waals surface area contributed by atoms with Crippen molar-refractivity contribution in [3.05, 3.63) is 29.8 Å². The van der Waals surface area contributed by atoms with Crippen LogP contribution in [-0.4, -0.2) is 23.9 Å². The van der Waals surface area contributed by atoms with Gasteiger partial charge in [-0.3, -0.25) is 9.59 Å². The van der Waals surface area contributed by atoms with Crippen molar-refractivity contribution in [2.45, 2.75) is 64.0 Å². The number of benzene rings is 1. The molecule has 23 heavy (non-hydrogen) atoms. The Morgan fingerprint density at radius 3 is 2.22 bits per heavy atom. The van der Waals surface area contributed by atoms with E-state index in [9.17, 15) is 9.59 Å². The zero-order valence-corrected chi connectivity index (χ0v) is 13.9. The molecule has 5 heteroatoms. The van der Waals surface area contributed by atoms with Gasteiger partial charge in [-0.25, -0.2) is 0 Å². The summed E-state index contributed by atoms with van der Waals surface area (Å²) in [7, 11) is 0. The molecule has 1 aromatic carbocycles. The molecule has 0 radical (unpaired) electrons. The Kier molecular flexibility index (Phi) is 6.59. The topological polar surface area (TPSA) is 88.8 Å². The minimum atomic E-state index is -0.464. The van der Waals surface area contributed by atoms with Crippen LogP contribution >= 0.6 is 0 Å². The highest BCUT2D eigenvalue weighted by Crippen LogP contribution is 2.15. The van der Waals surface area contributed by atoms with Crippen LogP contribution < -0.4 is 16.4 Å².